The SMILES string of the molecule is Cc1cccc(NC(=O)CSc2nnc(NC(=O)c3ccc(C)c([N+](=O)[O-])c3)s2)c1. The molecule has 3 aromatic rings. The standard InChI is InChI=1S/C19H17N5O4S2/c1-11-4-3-5-14(8-11)20-16(25)10-29-19-23-22-18(30-19)21-17(26)13-7-6-12(2)15(9-13)24(27)28/h3-9H,10H2,1-2H3,(H,20,25)(H,21,22,26). The van der Waals surface area contributed by atoms with Gasteiger partial charge in [-0.05, 0) is 37.6 Å². The third-order valence-corrected chi connectivity index (χ3v) is 5.90. The van der Waals surface area contributed by atoms with Crippen LogP contribution >= 0.6 is 23.1 Å². The molecule has 2 aromatic carbocycles. The van der Waals surface area contributed by atoms with Crippen molar-refractivity contribution >= 4 is 51.4 Å². The molecule has 1 aromatic heterocycles. The molecule has 0 fully saturated rings. The van der Waals surface area contributed by atoms with Crippen LogP contribution in [-0.4, -0.2) is 32.7 Å². The predicted octanol–water partition coefficient (Wildman–Crippen LogP) is 4.05. The molecule has 2 amide bonds. The third kappa shape index (κ3) is 5.61. The van der Waals surface area contributed by atoms with Gasteiger partial charge in [0.25, 0.3) is 11.6 Å². The van der Waals surface area contributed by atoms with Crippen molar-refractivity contribution in [2.75, 3.05) is 16.4 Å². The van der Waals surface area contributed by atoms with E-state index in [1.54, 1.807) is 6.92 Å². The summed E-state index contributed by atoms with van der Waals surface area (Å²) in [5.74, 6) is -0.568. The van der Waals surface area contributed by atoms with Gasteiger partial charge in [-0.2, -0.15) is 0 Å². The van der Waals surface area contributed by atoms with Gasteiger partial charge >= 0.3 is 0 Å². The molecule has 3 rings (SSSR count). The zero-order chi connectivity index (χ0) is 21.7. The summed E-state index contributed by atoms with van der Waals surface area (Å²) in [6.45, 7) is 3.54. The van der Waals surface area contributed by atoms with E-state index in [0.717, 1.165) is 22.6 Å². The van der Waals surface area contributed by atoms with Gasteiger partial charge in [0.05, 0.1) is 10.7 Å². The zero-order valence-electron chi connectivity index (χ0n) is 16.0. The highest BCUT2D eigenvalue weighted by Gasteiger charge is 2.17. The number of nitro benzene ring substituents is 1. The van der Waals surface area contributed by atoms with E-state index >= 15 is 0 Å². The van der Waals surface area contributed by atoms with Gasteiger partial charge in [0.1, 0.15) is 0 Å². The van der Waals surface area contributed by atoms with Gasteiger partial charge in [0.2, 0.25) is 11.0 Å². The van der Waals surface area contributed by atoms with Crippen molar-refractivity contribution < 1.29 is 14.5 Å². The van der Waals surface area contributed by atoms with Crippen molar-refractivity contribution in [3.8, 4) is 0 Å². The average Bonchev–Trinajstić information content (AvgIpc) is 3.14. The molecule has 0 radical (unpaired) electrons. The summed E-state index contributed by atoms with van der Waals surface area (Å²) in [7, 11) is 0. The lowest BCUT2D eigenvalue weighted by Gasteiger charge is -2.04. The van der Waals surface area contributed by atoms with Gasteiger partial charge in [-0.15, -0.1) is 10.2 Å². The van der Waals surface area contributed by atoms with Crippen LogP contribution < -0.4 is 10.6 Å². The Morgan fingerprint density at radius 3 is 2.67 bits per heavy atom. The molecular formula is C19H17N5O4S2. The fourth-order valence-corrected chi connectivity index (χ4v) is 4.03. The van der Waals surface area contributed by atoms with Crippen molar-refractivity contribution in [2.24, 2.45) is 0 Å². The number of aryl methyl sites for hydroxylation is 2. The first-order valence-electron chi connectivity index (χ1n) is 8.71. The van der Waals surface area contributed by atoms with Crippen molar-refractivity contribution in [1.29, 1.82) is 0 Å². The number of aromatic nitrogens is 2. The molecule has 9 nitrogen and oxygen atoms in total. The summed E-state index contributed by atoms with van der Waals surface area (Å²) in [5, 5.41) is 24.5. The number of benzene rings is 2. The third-order valence-electron chi connectivity index (χ3n) is 3.92. The fraction of sp³-hybridized carbons (Fsp3) is 0.158. The molecule has 0 aliphatic carbocycles. The van der Waals surface area contributed by atoms with Crippen molar-refractivity contribution in [3.05, 3.63) is 69.3 Å². The topological polar surface area (TPSA) is 127 Å². The van der Waals surface area contributed by atoms with E-state index in [-0.39, 0.29) is 28.0 Å². The number of rotatable bonds is 7. The Hall–Kier alpha value is -3.31. The molecule has 0 saturated heterocycles. The normalized spacial score (nSPS) is 10.5. The second-order valence-electron chi connectivity index (χ2n) is 6.29. The van der Waals surface area contributed by atoms with Crippen LogP contribution in [0.15, 0.2) is 46.8 Å². The molecular weight excluding hydrogens is 426 g/mol. The summed E-state index contributed by atoms with van der Waals surface area (Å²) >= 11 is 2.31. The summed E-state index contributed by atoms with van der Waals surface area (Å²) in [6, 6.07) is 11.7. The molecule has 0 spiro atoms. The summed E-state index contributed by atoms with van der Waals surface area (Å²) in [6.07, 6.45) is 0. The Kier molecular flexibility index (Phi) is 6.75. The molecule has 0 unspecified atom stereocenters. The van der Waals surface area contributed by atoms with E-state index in [1.807, 2.05) is 31.2 Å². The highest BCUT2D eigenvalue weighted by atomic mass is 32.2. The molecule has 0 aliphatic rings. The average molecular weight is 444 g/mol. The van der Waals surface area contributed by atoms with E-state index in [1.165, 1.54) is 30.0 Å². The van der Waals surface area contributed by atoms with Gasteiger partial charge in [0, 0.05) is 22.9 Å². The zero-order valence-corrected chi connectivity index (χ0v) is 17.7. The number of nitrogens with one attached hydrogen (secondary N) is 2. The maximum Gasteiger partial charge on any atom is 0.273 e. The van der Waals surface area contributed by atoms with Crippen LogP contribution in [-0.2, 0) is 4.79 Å². The first kappa shape index (κ1) is 21.4. The largest absolute Gasteiger partial charge is 0.325 e. The van der Waals surface area contributed by atoms with Gasteiger partial charge < -0.3 is 5.32 Å². The quantitative estimate of drug-likeness (QED) is 0.244. The number of nitrogens with zero attached hydrogens (tertiary/aromatic N) is 3. The van der Waals surface area contributed by atoms with E-state index in [0.29, 0.717) is 9.90 Å². The summed E-state index contributed by atoms with van der Waals surface area (Å²) < 4.78 is 0.513. The number of amides is 2. The highest BCUT2D eigenvalue weighted by molar-refractivity contribution is 8.01. The minimum absolute atomic E-state index is 0.129. The number of anilines is 2. The number of carbonyl (C=O) groups excluding carboxylic acids is 2. The number of hydrogen-bond acceptors (Lipinski definition) is 8. The molecule has 154 valence electrons. The van der Waals surface area contributed by atoms with Crippen molar-refractivity contribution in [1.82, 2.24) is 10.2 Å². The second-order valence-corrected chi connectivity index (χ2v) is 8.49. The molecule has 2 N–H and O–H groups in total. The minimum atomic E-state index is -0.534. The number of hydrogen-bond donors (Lipinski definition) is 2. The molecule has 0 atom stereocenters. The monoisotopic (exact) mass is 443 g/mol. The molecule has 11 heteroatoms. The summed E-state index contributed by atoms with van der Waals surface area (Å²) in [5.41, 5.74) is 2.25. The Labute approximate surface area is 180 Å². The Bertz CT molecular complexity index is 1120. The highest BCUT2D eigenvalue weighted by Crippen LogP contribution is 2.26. The molecule has 0 saturated carbocycles. The molecule has 1 heterocycles. The first-order chi connectivity index (χ1) is 14.3. The van der Waals surface area contributed by atoms with E-state index < -0.39 is 10.8 Å². The van der Waals surface area contributed by atoms with Crippen LogP contribution in [0.25, 0.3) is 0 Å². The van der Waals surface area contributed by atoms with Gasteiger partial charge in [-0.1, -0.05) is 41.3 Å². The predicted molar refractivity (Wildman–Crippen MR) is 116 cm³/mol. The van der Waals surface area contributed by atoms with E-state index in [9.17, 15) is 19.7 Å². The maximum absolute atomic E-state index is 12.3. The van der Waals surface area contributed by atoms with E-state index in [4.69, 9.17) is 0 Å². The Morgan fingerprint density at radius 1 is 1.13 bits per heavy atom. The maximum atomic E-state index is 12.3. The van der Waals surface area contributed by atoms with E-state index in [2.05, 4.69) is 20.8 Å². The Morgan fingerprint density at radius 2 is 1.93 bits per heavy atom. The van der Waals surface area contributed by atoms with Crippen molar-refractivity contribution in [3.63, 3.8) is 0 Å². The number of thioether (sulfide) groups is 1. The smallest absolute Gasteiger partial charge is 0.273 e. The van der Waals surface area contributed by atoms with Gasteiger partial charge in [-0.3, -0.25) is 25.0 Å². The van der Waals surface area contributed by atoms with Crippen molar-refractivity contribution in [2.45, 2.75) is 18.2 Å². The number of carbonyl (C=O) groups is 2. The van der Waals surface area contributed by atoms with Crippen LogP contribution in [0.4, 0.5) is 16.5 Å². The molecule has 0 aliphatic heterocycles. The lowest BCUT2D eigenvalue weighted by Crippen LogP contribution is -2.13. The summed E-state index contributed by atoms with van der Waals surface area (Å²) in [4.78, 5) is 34.9. The number of nitro groups is 1. The second kappa shape index (κ2) is 9.46. The molecule has 30 heavy (non-hydrogen) atoms. The van der Waals surface area contributed by atoms with Crippen LogP contribution in [0.3, 0.4) is 0 Å². The molecule has 0 bridgehead atoms. The van der Waals surface area contributed by atoms with Crippen LogP contribution in [0, 0.1) is 24.0 Å². The van der Waals surface area contributed by atoms with Crippen LogP contribution in [0.5, 0.6) is 0 Å². The minimum Gasteiger partial charge on any atom is -0.325 e. The lowest BCUT2D eigenvalue weighted by atomic mass is 10.1. The van der Waals surface area contributed by atoms with Crippen LogP contribution in [0.2, 0.25) is 0 Å². The fourth-order valence-electron chi connectivity index (χ4n) is 2.48. The van der Waals surface area contributed by atoms with Crippen LogP contribution in [0.1, 0.15) is 21.5 Å². The van der Waals surface area contributed by atoms with Gasteiger partial charge in [-0.25, -0.2) is 0 Å². The Balaban J connectivity index is 1.56. The lowest BCUT2D eigenvalue weighted by molar-refractivity contribution is -0.385. The first-order valence-corrected chi connectivity index (χ1v) is 10.5. The van der Waals surface area contributed by atoms with Gasteiger partial charge in [0.15, 0.2) is 4.34 Å².